The number of aryl methyl sites for hydroxylation is 2. The summed E-state index contributed by atoms with van der Waals surface area (Å²) in [5.74, 6) is 0.539. The lowest BCUT2D eigenvalue weighted by Gasteiger charge is -2.34. The van der Waals surface area contributed by atoms with Crippen molar-refractivity contribution in [2.75, 3.05) is 13.6 Å². The summed E-state index contributed by atoms with van der Waals surface area (Å²) in [6, 6.07) is 5.96. The third-order valence-electron chi connectivity index (χ3n) is 3.71. The minimum absolute atomic E-state index is 0.0811. The van der Waals surface area contributed by atoms with Crippen LogP contribution in [0.15, 0.2) is 18.2 Å². The molecule has 1 aromatic rings. The number of benzene rings is 1. The molecule has 0 aliphatic heterocycles. The Morgan fingerprint density at radius 3 is 2.67 bits per heavy atom. The molecule has 0 spiro atoms. The van der Waals surface area contributed by atoms with Crippen molar-refractivity contribution in [1.29, 1.82) is 0 Å². The van der Waals surface area contributed by atoms with Crippen LogP contribution in [0.1, 0.15) is 34.3 Å². The van der Waals surface area contributed by atoms with Gasteiger partial charge in [0, 0.05) is 19.2 Å². The first kappa shape index (κ1) is 13.1. The van der Waals surface area contributed by atoms with Gasteiger partial charge in [-0.1, -0.05) is 17.7 Å². The SMILES string of the molecule is Cc1ccc(C)c(C(=O)N(C)CC2CC(O)C2)c1. The van der Waals surface area contributed by atoms with Gasteiger partial charge in [0.2, 0.25) is 0 Å². The lowest BCUT2D eigenvalue weighted by molar-refractivity contribution is 0.0265. The van der Waals surface area contributed by atoms with Gasteiger partial charge in [-0.3, -0.25) is 4.79 Å². The number of carbonyl (C=O) groups is 1. The lowest BCUT2D eigenvalue weighted by atomic mass is 9.82. The quantitative estimate of drug-likeness (QED) is 0.889. The van der Waals surface area contributed by atoms with Gasteiger partial charge < -0.3 is 10.0 Å². The van der Waals surface area contributed by atoms with Crippen molar-refractivity contribution < 1.29 is 9.90 Å². The monoisotopic (exact) mass is 247 g/mol. The van der Waals surface area contributed by atoms with Gasteiger partial charge >= 0.3 is 0 Å². The maximum atomic E-state index is 12.3. The Labute approximate surface area is 108 Å². The first-order valence-corrected chi connectivity index (χ1v) is 6.48. The molecule has 2 rings (SSSR count). The molecule has 0 saturated heterocycles. The second-order valence-electron chi connectivity index (χ2n) is 5.50. The molecule has 0 aromatic heterocycles. The molecular formula is C15H21NO2. The molecule has 1 aliphatic rings. The summed E-state index contributed by atoms with van der Waals surface area (Å²) in [5, 5.41) is 9.26. The Kier molecular flexibility index (Phi) is 3.71. The summed E-state index contributed by atoms with van der Waals surface area (Å²) < 4.78 is 0. The van der Waals surface area contributed by atoms with E-state index in [4.69, 9.17) is 0 Å². The zero-order chi connectivity index (χ0) is 13.3. The van der Waals surface area contributed by atoms with E-state index < -0.39 is 0 Å². The van der Waals surface area contributed by atoms with Crippen LogP contribution in [-0.4, -0.2) is 35.6 Å². The number of hydrogen-bond acceptors (Lipinski definition) is 2. The van der Waals surface area contributed by atoms with Gasteiger partial charge in [-0.2, -0.15) is 0 Å². The van der Waals surface area contributed by atoms with Gasteiger partial charge in [0.25, 0.3) is 5.91 Å². The molecule has 18 heavy (non-hydrogen) atoms. The Balaban J connectivity index is 2.03. The number of hydrogen-bond donors (Lipinski definition) is 1. The number of carbonyl (C=O) groups excluding carboxylic acids is 1. The third-order valence-corrected chi connectivity index (χ3v) is 3.71. The maximum Gasteiger partial charge on any atom is 0.253 e. The van der Waals surface area contributed by atoms with E-state index in [2.05, 4.69) is 0 Å². The van der Waals surface area contributed by atoms with Crippen molar-refractivity contribution in [3.8, 4) is 0 Å². The molecule has 1 aromatic carbocycles. The maximum absolute atomic E-state index is 12.3. The Bertz CT molecular complexity index is 450. The Morgan fingerprint density at radius 1 is 1.39 bits per heavy atom. The van der Waals surface area contributed by atoms with Crippen LogP contribution in [0, 0.1) is 19.8 Å². The first-order valence-electron chi connectivity index (χ1n) is 6.48. The highest BCUT2D eigenvalue weighted by Crippen LogP contribution is 2.28. The smallest absolute Gasteiger partial charge is 0.253 e. The zero-order valence-electron chi connectivity index (χ0n) is 11.3. The van der Waals surface area contributed by atoms with Gasteiger partial charge in [0.05, 0.1) is 6.10 Å². The minimum atomic E-state index is -0.154. The molecule has 0 unspecified atom stereocenters. The highest BCUT2D eigenvalue weighted by Gasteiger charge is 2.29. The van der Waals surface area contributed by atoms with E-state index in [1.165, 1.54) is 0 Å². The molecule has 1 N–H and O–H groups in total. The van der Waals surface area contributed by atoms with E-state index in [9.17, 15) is 9.90 Å². The lowest BCUT2D eigenvalue weighted by Crippen LogP contribution is -2.39. The molecule has 3 nitrogen and oxygen atoms in total. The van der Waals surface area contributed by atoms with Crippen molar-refractivity contribution in [3.63, 3.8) is 0 Å². The highest BCUT2D eigenvalue weighted by molar-refractivity contribution is 5.95. The number of aliphatic hydroxyl groups is 1. The Morgan fingerprint density at radius 2 is 2.06 bits per heavy atom. The summed E-state index contributed by atoms with van der Waals surface area (Å²) in [7, 11) is 1.84. The second-order valence-corrected chi connectivity index (χ2v) is 5.50. The number of rotatable bonds is 3. The molecule has 1 saturated carbocycles. The summed E-state index contributed by atoms with van der Waals surface area (Å²) in [6.07, 6.45) is 1.49. The normalized spacial score (nSPS) is 22.4. The zero-order valence-corrected chi connectivity index (χ0v) is 11.3. The molecule has 0 atom stereocenters. The summed E-state index contributed by atoms with van der Waals surface area (Å²) in [6.45, 7) is 4.70. The van der Waals surface area contributed by atoms with Gasteiger partial charge in [0.15, 0.2) is 0 Å². The fourth-order valence-corrected chi connectivity index (χ4v) is 2.49. The van der Waals surface area contributed by atoms with Gasteiger partial charge in [-0.15, -0.1) is 0 Å². The van der Waals surface area contributed by atoms with Crippen LogP contribution in [0.5, 0.6) is 0 Å². The third kappa shape index (κ3) is 2.72. The van der Waals surface area contributed by atoms with Crippen LogP contribution in [0.4, 0.5) is 0 Å². The van der Waals surface area contributed by atoms with Gasteiger partial charge in [-0.05, 0) is 44.2 Å². The van der Waals surface area contributed by atoms with E-state index in [-0.39, 0.29) is 12.0 Å². The van der Waals surface area contributed by atoms with Crippen LogP contribution < -0.4 is 0 Å². The average molecular weight is 247 g/mol. The minimum Gasteiger partial charge on any atom is -0.393 e. The summed E-state index contributed by atoms with van der Waals surface area (Å²) >= 11 is 0. The van der Waals surface area contributed by atoms with Crippen LogP contribution >= 0.6 is 0 Å². The van der Waals surface area contributed by atoms with E-state index >= 15 is 0 Å². The van der Waals surface area contributed by atoms with E-state index in [1.807, 2.05) is 39.1 Å². The van der Waals surface area contributed by atoms with Crippen molar-refractivity contribution in [2.24, 2.45) is 5.92 Å². The van der Waals surface area contributed by atoms with Crippen LogP contribution in [-0.2, 0) is 0 Å². The first-order chi connectivity index (χ1) is 8.47. The molecule has 98 valence electrons. The number of amides is 1. The van der Waals surface area contributed by atoms with E-state index in [0.717, 1.165) is 36.1 Å². The fraction of sp³-hybridized carbons (Fsp3) is 0.533. The second kappa shape index (κ2) is 5.11. The van der Waals surface area contributed by atoms with Crippen LogP contribution in [0.3, 0.4) is 0 Å². The van der Waals surface area contributed by atoms with Crippen molar-refractivity contribution in [3.05, 3.63) is 34.9 Å². The number of aliphatic hydroxyl groups excluding tert-OH is 1. The molecule has 1 aliphatic carbocycles. The van der Waals surface area contributed by atoms with E-state index in [0.29, 0.717) is 5.92 Å². The highest BCUT2D eigenvalue weighted by atomic mass is 16.3. The van der Waals surface area contributed by atoms with Crippen molar-refractivity contribution in [2.45, 2.75) is 32.8 Å². The molecular weight excluding hydrogens is 226 g/mol. The van der Waals surface area contributed by atoms with Crippen molar-refractivity contribution in [1.82, 2.24) is 4.90 Å². The molecule has 1 amide bonds. The molecule has 0 bridgehead atoms. The van der Waals surface area contributed by atoms with E-state index in [1.54, 1.807) is 4.90 Å². The van der Waals surface area contributed by atoms with Crippen LogP contribution in [0.25, 0.3) is 0 Å². The average Bonchev–Trinajstić information content (AvgIpc) is 2.29. The number of nitrogens with zero attached hydrogens (tertiary/aromatic N) is 1. The Hall–Kier alpha value is -1.35. The van der Waals surface area contributed by atoms with Crippen LogP contribution in [0.2, 0.25) is 0 Å². The summed E-state index contributed by atoms with van der Waals surface area (Å²) in [4.78, 5) is 14.1. The summed E-state index contributed by atoms with van der Waals surface area (Å²) in [5.41, 5.74) is 2.92. The predicted octanol–water partition coefficient (Wildman–Crippen LogP) is 2.15. The van der Waals surface area contributed by atoms with Crippen molar-refractivity contribution >= 4 is 5.91 Å². The predicted molar refractivity (Wildman–Crippen MR) is 71.6 cm³/mol. The molecule has 1 fully saturated rings. The molecule has 0 radical (unpaired) electrons. The van der Waals surface area contributed by atoms with Gasteiger partial charge in [-0.25, -0.2) is 0 Å². The van der Waals surface area contributed by atoms with Gasteiger partial charge in [0.1, 0.15) is 0 Å². The molecule has 3 heteroatoms. The fourth-order valence-electron chi connectivity index (χ4n) is 2.49. The molecule has 0 heterocycles. The largest absolute Gasteiger partial charge is 0.393 e. The standard InChI is InChI=1S/C15H21NO2/c1-10-4-5-11(2)14(6-10)15(18)16(3)9-12-7-13(17)8-12/h4-6,12-13,17H,7-9H2,1-3H3. The topological polar surface area (TPSA) is 40.5 Å².